The number of hydrogen-bond donors (Lipinski definition) is 1. The summed E-state index contributed by atoms with van der Waals surface area (Å²) in [4.78, 5) is 12.9. The molecule has 2 rings (SSSR count). The van der Waals surface area contributed by atoms with Crippen molar-refractivity contribution in [2.75, 3.05) is 15.9 Å². The lowest BCUT2D eigenvalue weighted by molar-refractivity contribution is -0.116. The molecule has 0 saturated heterocycles. The normalized spacial score (nSPS) is 12.7. The van der Waals surface area contributed by atoms with Crippen molar-refractivity contribution in [3.63, 3.8) is 0 Å². The first-order valence-electron chi connectivity index (χ1n) is 8.36. The third kappa shape index (κ3) is 5.15. The number of carbonyl (C=O) groups excluding carboxylic acids is 1. The highest BCUT2D eigenvalue weighted by Gasteiger charge is 2.31. The predicted octanol–water partition coefficient (Wildman–Crippen LogP) is 4.91. The van der Waals surface area contributed by atoms with E-state index in [-0.39, 0.29) is 16.6 Å². The van der Waals surface area contributed by atoms with Gasteiger partial charge in [0.15, 0.2) is 0 Å². The molecule has 0 aliphatic rings. The molecule has 0 aromatic heterocycles. The lowest BCUT2D eigenvalue weighted by Crippen LogP contribution is -2.45. The molecule has 5 nitrogen and oxygen atoms in total. The Morgan fingerprint density at radius 2 is 1.70 bits per heavy atom. The van der Waals surface area contributed by atoms with Gasteiger partial charge >= 0.3 is 0 Å². The summed E-state index contributed by atoms with van der Waals surface area (Å²) < 4.78 is 25.8. The second kappa shape index (κ2) is 8.50. The van der Waals surface area contributed by atoms with Gasteiger partial charge in [0.1, 0.15) is 6.04 Å². The van der Waals surface area contributed by atoms with Crippen molar-refractivity contribution < 1.29 is 13.2 Å². The van der Waals surface area contributed by atoms with Gasteiger partial charge in [-0.1, -0.05) is 55.2 Å². The third-order valence-corrected chi connectivity index (χ3v) is 5.86. The summed E-state index contributed by atoms with van der Waals surface area (Å²) in [6, 6.07) is 10.9. The third-order valence-electron chi connectivity index (χ3n) is 4.07. The van der Waals surface area contributed by atoms with E-state index in [0.717, 1.165) is 16.1 Å². The van der Waals surface area contributed by atoms with Gasteiger partial charge in [0.2, 0.25) is 15.9 Å². The minimum Gasteiger partial charge on any atom is -0.324 e. The number of benzene rings is 2. The molecular formula is C19H22Cl2N2O3S. The topological polar surface area (TPSA) is 66.5 Å². The zero-order chi connectivity index (χ0) is 20.4. The predicted molar refractivity (Wildman–Crippen MR) is 112 cm³/mol. The maximum Gasteiger partial charge on any atom is 0.248 e. The highest BCUT2D eigenvalue weighted by atomic mass is 35.5. The minimum atomic E-state index is -3.79. The van der Waals surface area contributed by atoms with Gasteiger partial charge in [0, 0.05) is 10.7 Å². The molecule has 0 fully saturated rings. The van der Waals surface area contributed by atoms with Crippen LogP contribution in [0.5, 0.6) is 0 Å². The molecule has 1 N–H and O–H groups in total. The number of nitrogens with zero attached hydrogens (tertiary/aromatic N) is 1. The van der Waals surface area contributed by atoms with E-state index < -0.39 is 22.0 Å². The number of para-hydroxylation sites is 1. The molecule has 0 unspecified atom stereocenters. The largest absolute Gasteiger partial charge is 0.324 e. The van der Waals surface area contributed by atoms with Crippen molar-refractivity contribution in [1.29, 1.82) is 0 Å². The van der Waals surface area contributed by atoms with E-state index in [1.54, 1.807) is 12.1 Å². The van der Waals surface area contributed by atoms with Gasteiger partial charge in [-0.05, 0) is 42.7 Å². The van der Waals surface area contributed by atoms with Crippen molar-refractivity contribution >= 4 is 50.5 Å². The number of amides is 1. The van der Waals surface area contributed by atoms with Crippen LogP contribution < -0.4 is 9.62 Å². The van der Waals surface area contributed by atoms with E-state index in [0.29, 0.717) is 10.7 Å². The molecule has 0 spiro atoms. The molecular weight excluding hydrogens is 407 g/mol. The van der Waals surface area contributed by atoms with Gasteiger partial charge in [-0.3, -0.25) is 9.10 Å². The van der Waals surface area contributed by atoms with Crippen LogP contribution in [0, 0.1) is 0 Å². The highest BCUT2D eigenvalue weighted by molar-refractivity contribution is 7.92. The molecule has 146 valence electrons. The standard InChI is InChI=1S/C19H22Cl2N2O3S/c1-12(2)15-7-5-6-8-17(15)22-19(24)13(3)23(27(4,25)26)18-11-14(20)9-10-16(18)21/h5-13H,1-4H3,(H,22,24)/t13-/m1/s1. The highest BCUT2D eigenvalue weighted by Crippen LogP contribution is 2.32. The number of rotatable bonds is 6. The molecule has 0 saturated carbocycles. The fraction of sp³-hybridized carbons (Fsp3) is 0.316. The molecule has 1 amide bonds. The second-order valence-corrected chi connectivity index (χ2v) is 9.26. The first-order chi connectivity index (χ1) is 12.5. The van der Waals surface area contributed by atoms with Crippen LogP contribution in [0.3, 0.4) is 0 Å². The van der Waals surface area contributed by atoms with Crippen LogP contribution in [0.2, 0.25) is 10.0 Å². The van der Waals surface area contributed by atoms with Gasteiger partial charge in [-0.25, -0.2) is 8.42 Å². The molecule has 0 aliphatic heterocycles. The smallest absolute Gasteiger partial charge is 0.248 e. The molecule has 0 heterocycles. The van der Waals surface area contributed by atoms with Crippen molar-refractivity contribution in [2.24, 2.45) is 0 Å². The van der Waals surface area contributed by atoms with E-state index in [1.165, 1.54) is 19.1 Å². The Hall–Kier alpha value is -1.76. The number of halogens is 2. The average Bonchev–Trinajstić information content (AvgIpc) is 2.57. The number of carbonyl (C=O) groups is 1. The molecule has 0 aliphatic carbocycles. The summed E-state index contributed by atoms with van der Waals surface area (Å²) in [7, 11) is -3.79. The molecule has 0 radical (unpaired) electrons. The van der Waals surface area contributed by atoms with Crippen molar-refractivity contribution in [3.05, 3.63) is 58.1 Å². The van der Waals surface area contributed by atoms with Crippen LogP contribution in [0.1, 0.15) is 32.3 Å². The van der Waals surface area contributed by atoms with Crippen LogP contribution in [0.4, 0.5) is 11.4 Å². The number of sulfonamides is 1. The van der Waals surface area contributed by atoms with Gasteiger partial charge in [-0.15, -0.1) is 0 Å². The maximum atomic E-state index is 12.9. The summed E-state index contributed by atoms with van der Waals surface area (Å²) in [5.74, 6) is -0.269. The van der Waals surface area contributed by atoms with Crippen molar-refractivity contribution in [1.82, 2.24) is 0 Å². The second-order valence-electron chi connectivity index (χ2n) is 6.56. The molecule has 2 aromatic rings. The Bertz CT molecular complexity index is 946. The van der Waals surface area contributed by atoms with E-state index in [9.17, 15) is 13.2 Å². The van der Waals surface area contributed by atoms with Crippen LogP contribution >= 0.6 is 23.2 Å². The Kier molecular flexibility index (Phi) is 6.78. The van der Waals surface area contributed by atoms with Crippen LogP contribution in [0.15, 0.2) is 42.5 Å². The van der Waals surface area contributed by atoms with Crippen molar-refractivity contribution in [2.45, 2.75) is 32.7 Å². The maximum absolute atomic E-state index is 12.9. The lowest BCUT2D eigenvalue weighted by Gasteiger charge is -2.29. The van der Waals surface area contributed by atoms with E-state index in [1.807, 2.05) is 32.0 Å². The van der Waals surface area contributed by atoms with E-state index in [4.69, 9.17) is 23.2 Å². The zero-order valence-electron chi connectivity index (χ0n) is 15.5. The summed E-state index contributed by atoms with van der Waals surface area (Å²) in [6.07, 6.45) is 1.02. The summed E-state index contributed by atoms with van der Waals surface area (Å²) in [5.41, 5.74) is 1.77. The van der Waals surface area contributed by atoms with E-state index >= 15 is 0 Å². The zero-order valence-corrected chi connectivity index (χ0v) is 17.9. The fourth-order valence-electron chi connectivity index (χ4n) is 2.79. The summed E-state index contributed by atoms with van der Waals surface area (Å²) in [6.45, 7) is 5.54. The monoisotopic (exact) mass is 428 g/mol. The Balaban J connectivity index is 2.41. The molecule has 27 heavy (non-hydrogen) atoms. The summed E-state index contributed by atoms with van der Waals surface area (Å²) in [5, 5.41) is 3.33. The van der Waals surface area contributed by atoms with Gasteiger partial charge < -0.3 is 5.32 Å². The number of hydrogen-bond acceptors (Lipinski definition) is 3. The molecule has 8 heteroatoms. The average molecular weight is 429 g/mol. The van der Waals surface area contributed by atoms with Crippen LogP contribution in [-0.2, 0) is 14.8 Å². The SMILES string of the molecule is CC(C)c1ccccc1NC(=O)[C@@H](C)N(c1cc(Cl)ccc1Cl)S(C)(=O)=O. The first-order valence-corrected chi connectivity index (χ1v) is 11.0. The Labute approximate surface area is 170 Å². The van der Waals surface area contributed by atoms with Crippen LogP contribution in [0.25, 0.3) is 0 Å². The van der Waals surface area contributed by atoms with Gasteiger partial charge in [0.05, 0.1) is 17.0 Å². The van der Waals surface area contributed by atoms with E-state index in [2.05, 4.69) is 5.32 Å². The Morgan fingerprint density at radius 3 is 2.30 bits per heavy atom. The summed E-state index contributed by atoms with van der Waals surface area (Å²) >= 11 is 12.2. The lowest BCUT2D eigenvalue weighted by atomic mass is 10.0. The molecule has 1 atom stereocenters. The van der Waals surface area contributed by atoms with Gasteiger partial charge in [0.25, 0.3) is 0 Å². The Morgan fingerprint density at radius 1 is 1.07 bits per heavy atom. The number of anilines is 2. The fourth-order valence-corrected chi connectivity index (χ4v) is 4.39. The quantitative estimate of drug-likeness (QED) is 0.710. The molecule has 0 bridgehead atoms. The van der Waals surface area contributed by atoms with Crippen molar-refractivity contribution in [3.8, 4) is 0 Å². The van der Waals surface area contributed by atoms with Crippen LogP contribution in [-0.4, -0.2) is 26.6 Å². The minimum absolute atomic E-state index is 0.159. The van der Waals surface area contributed by atoms with Gasteiger partial charge in [-0.2, -0.15) is 0 Å². The molecule has 2 aromatic carbocycles. The number of nitrogens with one attached hydrogen (secondary N) is 1. The first kappa shape index (κ1) is 21.5.